The van der Waals surface area contributed by atoms with Crippen LogP contribution in [0.25, 0.3) is 0 Å². The van der Waals surface area contributed by atoms with Gasteiger partial charge in [-0.3, -0.25) is 4.84 Å². The normalized spacial score (nSPS) is 11.3. The molecule has 8 nitrogen and oxygen atoms in total. The van der Waals surface area contributed by atoms with Gasteiger partial charge in [-0.15, -0.1) is 0 Å². The van der Waals surface area contributed by atoms with Crippen LogP contribution in [0.5, 0.6) is 11.8 Å². The summed E-state index contributed by atoms with van der Waals surface area (Å²) in [4.78, 5) is 14.6. The number of hydrogen-bond acceptors (Lipinski definition) is 8. The number of ether oxygens (including phenoxy) is 3. The summed E-state index contributed by atoms with van der Waals surface area (Å²) in [5.41, 5.74) is 5.10. The molecule has 2 aromatic rings. The number of oxime groups is 1. The van der Waals surface area contributed by atoms with Gasteiger partial charge in [0, 0.05) is 31.4 Å². The summed E-state index contributed by atoms with van der Waals surface area (Å²) in [7, 11) is 3.19. The highest BCUT2D eigenvalue weighted by Crippen LogP contribution is 2.17. The molecule has 0 atom stereocenters. The highest BCUT2D eigenvalue weighted by atomic mass is 16.6. The van der Waals surface area contributed by atoms with Gasteiger partial charge in [0.05, 0.1) is 6.61 Å². The van der Waals surface area contributed by atoms with Gasteiger partial charge in [-0.1, -0.05) is 42.4 Å². The van der Waals surface area contributed by atoms with Gasteiger partial charge in [-0.25, -0.2) is 5.48 Å². The molecule has 0 fully saturated rings. The van der Waals surface area contributed by atoms with Gasteiger partial charge in [-0.2, -0.15) is 4.98 Å². The fraction of sp³-hybridized carbons (Fsp3) is 0.429. The highest BCUT2D eigenvalue weighted by Gasteiger charge is 2.12. The van der Waals surface area contributed by atoms with Crippen molar-refractivity contribution in [3.8, 4) is 11.8 Å². The molecule has 0 radical (unpaired) electrons. The van der Waals surface area contributed by atoms with Crippen LogP contribution in [0.1, 0.15) is 24.5 Å². The minimum Gasteiger partial charge on any atom is -0.475 e. The van der Waals surface area contributed by atoms with Crippen molar-refractivity contribution in [3.63, 3.8) is 0 Å². The first-order valence-corrected chi connectivity index (χ1v) is 9.55. The molecule has 1 heterocycles. The third-order valence-corrected chi connectivity index (χ3v) is 3.78. The molecule has 0 aliphatic rings. The van der Waals surface area contributed by atoms with E-state index in [2.05, 4.69) is 22.5 Å². The van der Waals surface area contributed by atoms with Crippen LogP contribution in [-0.2, 0) is 21.0 Å². The zero-order valence-electron chi connectivity index (χ0n) is 17.2. The first kappa shape index (κ1) is 22.6. The van der Waals surface area contributed by atoms with Gasteiger partial charge < -0.3 is 19.0 Å². The summed E-state index contributed by atoms with van der Waals surface area (Å²) < 4.78 is 16.9. The Hall–Kier alpha value is -2.68. The number of aromatic nitrogens is 1. The van der Waals surface area contributed by atoms with Gasteiger partial charge in [-0.05, 0) is 12.0 Å². The van der Waals surface area contributed by atoms with Crippen LogP contribution in [-0.4, -0.2) is 51.3 Å². The lowest BCUT2D eigenvalue weighted by atomic mass is 10.0. The molecular weight excluding hydrogens is 374 g/mol. The minimum atomic E-state index is 0.253. The summed E-state index contributed by atoms with van der Waals surface area (Å²) in [6.45, 7) is 4.34. The third-order valence-electron chi connectivity index (χ3n) is 3.78. The minimum absolute atomic E-state index is 0.253. The van der Waals surface area contributed by atoms with E-state index in [-0.39, 0.29) is 6.61 Å². The van der Waals surface area contributed by atoms with E-state index in [9.17, 15) is 0 Å². The average Bonchev–Trinajstić information content (AvgIpc) is 2.76. The Morgan fingerprint density at radius 3 is 2.55 bits per heavy atom. The van der Waals surface area contributed by atoms with Gasteiger partial charge in [0.2, 0.25) is 11.8 Å². The van der Waals surface area contributed by atoms with Crippen LogP contribution in [0.15, 0.2) is 47.6 Å². The summed E-state index contributed by atoms with van der Waals surface area (Å²) >= 11 is 0. The van der Waals surface area contributed by atoms with Gasteiger partial charge >= 0.3 is 0 Å². The molecule has 1 aromatic heterocycles. The summed E-state index contributed by atoms with van der Waals surface area (Å²) in [5, 5.41) is 4.07. The maximum Gasteiger partial charge on any atom is 0.216 e. The standard InChI is InChI=1S/C21H29N3O5/c1-4-12-26-13-14-27-20-10-7-11-21(23-20)28-15-17-8-5-6-9-18(17)19(24-25-3)16-29-22-2/h5-11,22H,4,12-16H2,1-3H3/b24-19+. The van der Waals surface area contributed by atoms with E-state index in [1.807, 2.05) is 30.3 Å². The lowest BCUT2D eigenvalue weighted by Gasteiger charge is -2.13. The van der Waals surface area contributed by atoms with Crippen LogP contribution in [0.2, 0.25) is 0 Å². The molecule has 0 saturated carbocycles. The van der Waals surface area contributed by atoms with Crippen LogP contribution < -0.4 is 15.0 Å². The zero-order valence-corrected chi connectivity index (χ0v) is 17.2. The number of rotatable bonds is 14. The van der Waals surface area contributed by atoms with Gasteiger partial charge in [0.25, 0.3) is 0 Å². The maximum absolute atomic E-state index is 5.88. The second-order valence-corrected chi connectivity index (χ2v) is 5.93. The molecule has 0 unspecified atom stereocenters. The lowest BCUT2D eigenvalue weighted by molar-refractivity contribution is 0.0866. The number of hydroxylamine groups is 1. The molecule has 1 aromatic carbocycles. The molecule has 0 amide bonds. The van der Waals surface area contributed by atoms with E-state index >= 15 is 0 Å². The smallest absolute Gasteiger partial charge is 0.216 e. The van der Waals surface area contributed by atoms with Crippen LogP contribution in [0.3, 0.4) is 0 Å². The summed E-state index contributed by atoms with van der Waals surface area (Å²) in [6.07, 6.45) is 0.987. The second-order valence-electron chi connectivity index (χ2n) is 5.93. The van der Waals surface area contributed by atoms with Crippen molar-refractivity contribution in [2.45, 2.75) is 20.0 Å². The molecule has 0 spiro atoms. The van der Waals surface area contributed by atoms with Crippen molar-refractivity contribution < 1.29 is 23.9 Å². The van der Waals surface area contributed by atoms with Crippen LogP contribution in [0.4, 0.5) is 0 Å². The van der Waals surface area contributed by atoms with E-state index in [1.165, 1.54) is 7.11 Å². The quantitative estimate of drug-likeness (QED) is 0.295. The van der Waals surface area contributed by atoms with Crippen molar-refractivity contribution >= 4 is 5.71 Å². The van der Waals surface area contributed by atoms with Gasteiger partial charge in [0.1, 0.15) is 32.6 Å². The molecule has 158 valence electrons. The summed E-state index contributed by atoms with van der Waals surface area (Å²) in [5.74, 6) is 0.975. The first-order chi connectivity index (χ1) is 14.3. The zero-order chi connectivity index (χ0) is 20.7. The number of benzene rings is 1. The lowest BCUT2D eigenvalue weighted by Crippen LogP contribution is -2.19. The molecule has 0 aliphatic heterocycles. The third kappa shape index (κ3) is 8.06. The van der Waals surface area contributed by atoms with E-state index in [1.54, 1.807) is 19.2 Å². The Morgan fingerprint density at radius 1 is 1.00 bits per heavy atom. The largest absolute Gasteiger partial charge is 0.475 e. The number of nitrogens with one attached hydrogen (secondary N) is 1. The van der Waals surface area contributed by atoms with Crippen molar-refractivity contribution in [3.05, 3.63) is 53.6 Å². The van der Waals surface area contributed by atoms with Crippen molar-refractivity contribution in [2.75, 3.05) is 40.6 Å². The molecular formula is C21H29N3O5. The van der Waals surface area contributed by atoms with E-state index in [4.69, 9.17) is 23.9 Å². The average molecular weight is 403 g/mol. The topological polar surface area (TPSA) is 83.4 Å². The van der Waals surface area contributed by atoms with Crippen molar-refractivity contribution in [2.24, 2.45) is 5.16 Å². The molecule has 8 heteroatoms. The Kier molecular flexibility index (Phi) is 10.5. The molecule has 0 saturated heterocycles. The number of pyridine rings is 1. The molecule has 0 aliphatic carbocycles. The van der Waals surface area contributed by atoms with Gasteiger partial charge in [0.15, 0.2) is 0 Å². The van der Waals surface area contributed by atoms with E-state index in [0.717, 1.165) is 24.2 Å². The maximum atomic E-state index is 5.88. The monoisotopic (exact) mass is 403 g/mol. The Bertz CT molecular complexity index is 755. The van der Waals surface area contributed by atoms with Crippen molar-refractivity contribution in [1.82, 2.24) is 10.5 Å². The number of hydrogen-bond donors (Lipinski definition) is 1. The SMILES string of the molecule is CCCOCCOc1cccc(OCc2ccccc2/C(CONC)=N/OC)n1. The molecule has 1 N–H and O–H groups in total. The second kappa shape index (κ2) is 13.5. The molecule has 29 heavy (non-hydrogen) atoms. The highest BCUT2D eigenvalue weighted by molar-refractivity contribution is 6.02. The number of nitrogens with zero attached hydrogens (tertiary/aromatic N) is 2. The predicted octanol–water partition coefficient (Wildman–Crippen LogP) is 2.97. The van der Waals surface area contributed by atoms with Crippen LogP contribution >= 0.6 is 0 Å². The Balaban J connectivity index is 1.99. The first-order valence-electron chi connectivity index (χ1n) is 9.55. The fourth-order valence-corrected chi connectivity index (χ4v) is 2.49. The Morgan fingerprint density at radius 2 is 1.79 bits per heavy atom. The molecule has 0 bridgehead atoms. The predicted molar refractivity (Wildman–Crippen MR) is 110 cm³/mol. The fourth-order valence-electron chi connectivity index (χ4n) is 2.49. The van der Waals surface area contributed by atoms with Crippen LogP contribution in [0, 0.1) is 0 Å². The van der Waals surface area contributed by atoms with E-state index < -0.39 is 0 Å². The van der Waals surface area contributed by atoms with Crippen molar-refractivity contribution in [1.29, 1.82) is 0 Å². The Labute approximate surface area is 171 Å². The summed E-state index contributed by atoms with van der Waals surface area (Å²) in [6, 6.07) is 13.2. The molecule has 2 rings (SSSR count). The van der Waals surface area contributed by atoms with E-state index in [0.29, 0.717) is 37.3 Å².